The van der Waals surface area contributed by atoms with Crippen LogP contribution < -0.4 is 0 Å². The summed E-state index contributed by atoms with van der Waals surface area (Å²) in [5.74, 6) is -1.92. The molecule has 2 bridgehead atoms. The van der Waals surface area contributed by atoms with E-state index in [1.807, 2.05) is 0 Å². The van der Waals surface area contributed by atoms with Crippen LogP contribution in [0.5, 0.6) is 0 Å². The number of fused-ring (bicyclic) bond motifs is 2. The lowest BCUT2D eigenvalue weighted by atomic mass is 9.89. The smallest absolute Gasteiger partial charge is 0.432 e. The number of halogens is 5. The average Bonchev–Trinajstić information content (AvgIpc) is 3.03. The van der Waals surface area contributed by atoms with Gasteiger partial charge in [-0.25, -0.2) is 5.26 Å². The number of rotatable bonds is 6. The highest BCUT2D eigenvalue weighted by Crippen LogP contribution is 2.50. The number of alkyl halides is 5. The van der Waals surface area contributed by atoms with E-state index in [4.69, 9.17) is 5.26 Å². The van der Waals surface area contributed by atoms with Crippen molar-refractivity contribution in [1.82, 2.24) is 0 Å². The third kappa shape index (κ3) is 3.81. The molecule has 22 heavy (non-hydrogen) atoms. The lowest BCUT2D eigenvalue weighted by Gasteiger charge is -2.28. The van der Waals surface area contributed by atoms with Crippen LogP contribution in [0.25, 0.3) is 0 Å². The van der Waals surface area contributed by atoms with E-state index in [2.05, 4.69) is 14.1 Å². The van der Waals surface area contributed by atoms with Gasteiger partial charge in [0.2, 0.25) is 0 Å². The topological polar surface area (TPSA) is 65.0 Å². The van der Waals surface area contributed by atoms with Gasteiger partial charge >= 0.3 is 17.4 Å². The lowest BCUT2D eigenvalue weighted by molar-refractivity contribution is -0.434. The van der Waals surface area contributed by atoms with E-state index in [0.29, 0.717) is 19.3 Å². The number of carbonyl (C=O) groups excluding carboxylic acids is 1. The van der Waals surface area contributed by atoms with Gasteiger partial charge < -0.3 is 4.74 Å². The summed E-state index contributed by atoms with van der Waals surface area (Å²) in [7, 11) is 0. The maximum atomic E-state index is 13.5. The molecule has 2 rings (SSSR count). The van der Waals surface area contributed by atoms with Crippen LogP contribution in [-0.2, 0) is 18.9 Å². The SMILES string of the molecule is O=C(OC(C(F)(F)F)C(F)(F)SOOO)C1CC2CCC1C2. The highest BCUT2D eigenvalue weighted by atomic mass is 32.2. The summed E-state index contributed by atoms with van der Waals surface area (Å²) < 4.78 is 72.6. The van der Waals surface area contributed by atoms with E-state index in [1.54, 1.807) is 0 Å². The Kier molecular flexibility index (Phi) is 5.20. The molecule has 11 heteroatoms. The molecule has 0 amide bonds. The molecule has 2 aliphatic rings. The predicted molar refractivity (Wildman–Crippen MR) is 62.2 cm³/mol. The molecule has 1 N–H and O–H groups in total. The van der Waals surface area contributed by atoms with Crippen molar-refractivity contribution < 1.29 is 46.1 Å². The molecule has 0 radical (unpaired) electrons. The molecule has 0 spiro atoms. The maximum Gasteiger partial charge on any atom is 0.432 e. The second-order valence-electron chi connectivity index (χ2n) is 5.43. The highest BCUT2D eigenvalue weighted by Gasteiger charge is 2.61. The van der Waals surface area contributed by atoms with Crippen LogP contribution in [0.15, 0.2) is 0 Å². The predicted octanol–water partition coefficient (Wildman–Crippen LogP) is 3.56. The van der Waals surface area contributed by atoms with Gasteiger partial charge in [0, 0.05) is 0 Å². The van der Waals surface area contributed by atoms with Crippen molar-refractivity contribution >= 4 is 18.0 Å². The van der Waals surface area contributed by atoms with E-state index in [-0.39, 0.29) is 11.8 Å². The number of hydrogen-bond donors (Lipinski definition) is 1. The Hall–Kier alpha value is -0.650. The normalized spacial score (nSPS) is 29.6. The monoisotopic (exact) mass is 352 g/mol. The van der Waals surface area contributed by atoms with E-state index in [1.165, 1.54) is 0 Å². The quantitative estimate of drug-likeness (QED) is 0.259. The van der Waals surface area contributed by atoms with Crippen LogP contribution >= 0.6 is 12.0 Å². The molecule has 0 aromatic rings. The first-order chi connectivity index (χ1) is 10.1. The van der Waals surface area contributed by atoms with Gasteiger partial charge in [0.05, 0.1) is 5.92 Å². The second-order valence-corrected chi connectivity index (χ2v) is 6.27. The minimum absolute atomic E-state index is 0.107. The molecule has 4 atom stereocenters. The first kappa shape index (κ1) is 17.7. The molecule has 2 saturated carbocycles. The summed E-state index contributed by atoms with van der Waals surface area (Å²) in [5, 5.41) is 5.96. The Morgan fingerprint density at radius 2 is 1.86 bits per heavy atom. The molecule has 0 aromatic carbocycles. The van der Waals surface area contributed by atoms with Crippen molar-refractivity contribution in [2.75, 3.05) is 0 Å². The van der Waals surface area contributed by atoms with Gasteiger partial charge in [-0.15, -0.1) is 4.33 Å². The van der Waals surface area contributed by atoms with Crippen molar-refractivity contribution in [1.29, 1.82) is 0 Å². The van der Waals surface area contributed by atoms with Gasteiger partial charge in [-0.05, 0) is 31.1 Å². The molecule has 0 aromatic heterocycles. The van der Waals surface area contributed by atoms with Gasteiger partial charge in [0.1, 0.15) is 12.0 Å². The number of ether oxygens (including phenoxy) is 1. The molecule has 0 saturated heterocycles. The highest BCUT2D eigenvalue weighted by molar-refractivity contribution is 7.95. The summed E-state index contributed by atoms with van der Waals surface area (Å²) in [6, 6.07) is 0. The number of esters is 1. The summed E-state index contributed by atoms with van der Waals surface area (Å²) in [6.45, 7) is 0. The Bertz CT molecular complexity index is 418. The average molecular weight is 352 g/mol. The van der Waals surface area contributed by atoms with E-state index in [9.17, 15) is 26.7 Å². The zero-order valence-electron chi connectivity index (χ0n) is 11.0. The van der Waals surface area contributed by atoms with Crippen LogP contribution in [0.2, 0.25) is 0 Å². The summed E-state index contributed by atoms with van der Waals surface area (Å²) in [6.07, 6.45) is -6.53. The van der Waals surface area contributed by atoms with Crippen molar-refractivity contribution in [3.8, 4) is 0 Å². The third-order valence-corrected chi connectivity index (χ3v) is 4.62. The number of hydrogen-bond acceptors (Lipinski definition) is 6. The molecule has 4 unspecified atom stereocenters. The van der Waals surface area contributed by atoms with Crippen molar-refractivity contribution in [3.05, 3.63) is 0 Å². The fraction of sp³-hybridized carbons (Fsp3) is 0.909. The third-order valence-electron chi connectivity index (χ3n) is 4.05. The Labute approximate surface area is 126 Å². The standard InChI is InChI=1S/C11H13F5O5S/c12-10(13,14)9(11(15,16)22-21-20-18)19-8(17)7-4-5-1-2-6(7)3-5/h5-7,9,18H,1-4H2. The Morgan fingerprint density at radius 1 is 1.18 bits per heavy atom. The van der Waals surface area contributed by atoms with Gasteiger partial charge in [-0.3, -0.25) is 4.79 Å². The van der Waals surface area contributed by atoms with E-state index >= 15 is 0 Å². The van der Waals surface area contributed by atoms with Gasteiger partial charge in [0.25, 0.3) is 6.10 Å². The van der Waals surface area contributed by atoms with Crippen LogP contribution in [0.4, 0.5) is 22.0 Å². The summed E-state index contributed by atoms with van der Waals surface area (Å²) in [5.41, 5.74) is 0. The molecule has 2 aliphatic carbocycles. The Balaban J connectivity index is 2.05. The van der Waals surface area contributed by atoms with Gasteiger partial charge in [0.15, 0.2) is 0 Å². The van der Waals surface area contributed by atoms with Crippen molar-refractivity contribution in [2.45, 2.75) is 43.2 Å². The molecule has 2 fully saturated rings. The summed E-state index contributed by atoms with van der Waals surface area (Å²) >= 11 is -1.09. The minimum atomic E-state index is -5.50. The largest absolute Gasteiger partial charge is 0.445 e. The van der Waals surface area contributed by atoms with Gasteiger partial charge in [-0.2, -0.15) is 22.0 Å². The molecule has 0 heterocycles. The molecular weight excluding hydrogens is 339 g/mol. The molecule has 128 valence electrons. The Morgan fingerprint density at radius 3 is 2.32 bits per heavy atom. The molecule has 5 nitrogen and oxygen atoms in total. The summed E-state index contributed by atoms with van der Waals surface area (Å²) in [4.78, 5) is 11.8. The van der Waals surface area contributed by atoms with Crippen molar-refractivity contribution in [3.63, 3.8) is 0 Å². The fourth-order valence-corrected chi connectivity index (χ4v) is 3.56. The molecular formula is C11H13F5O5S. The minimum Gasteiger partial charge on any atom is -0.445 e. The van der Waals surface area contributed by atoms with E-state index in [0.717, 1.165) is 6.42 Å². The number of carbonyl (C=O) groups is 1. The van der Waals surface area contributed by atoms with E-state index < -0.39 is 41.5 Å². The first-order valence-corrected chi connectivity index (χ1v) is 7.20. The maximum absolute atomic E-state index is 13.5. The van der Waals surface area contributed by atoms with Crippen LogP contribution in [0.1, 0.15) is 25.7 Å². The van der Waals surface area contributed by atoms with Crippen molar-refractivity contribution in [2.24, 2.45) is 17.8 Å². The first-order valence-electron chi connectivity index (χ1n) is 6.46. The lowest BCUT2D eigenvalue weighted by Crippen LogP contribution is -2.47. The zero-order valence-corrected chi connectivity index (χ0v) is 11.8. The fourth-order valence-electron chi connectivity index (χ4n) is 3.17. The second kappa shape index (κ2) is 6.46. The van der Waals surface area contributed by atoms with Crippen LogP contribution in [0, 0.1) is 17.8 Å². The zero-order chi connectivity index (χ0) is 16.5. The molecule has 0 aliphatic heterocycles. The van der Waals surface area contributed by atoms with Crippen LogP contribution in [-0.4, -0.2) is 28.8 Å². The van der Waals surface area contributed by atoms with Crippen LogP contribution in [0.3, 0.4) is 0 Å². The van der Waals surface area contributed by atoms with Gasteiger partial charge in [-0.1, -0.05) is 11.5 Å².